The van der Waals surface area contributed by atoms with Gasteiger partial charge in [-0.15, -0.1) is 0 Å². The van der Waals surface area contributed by atoms with Gasteiger partial charge >= 0.3 is 5.88 Å². The molecule has 0 N–H and O–H groups in total. The number of carbonyl (C=O) groups is 2. The molecule has 0 saturated carbocycles. The first-order chi connectivity index (χ1) is 12.5. The molecule has 1 aromatic heterocycles. The van der Waals surface area contributed by atoms with Crippen LogP contribution in [-0.4, -0.2) is 16.1 Å². The van der Waals surface area contributed by atoms with Gasteiger partial charge in [0.25, 0.3) is 11.1 Å². The minimum atomic E-state index is -0.668. The third-order valence-corrected chi connectivity index (χ3v) is 4.72. The predicted molar refractivity (Wildman–Crippen MR) is 97.8 cm³/mol. The number of carbonyl (C=O) groups excluding carboxylic acids is 2. The van der Waals surface area contributed by atoms with Crippen LogP contribution in [0.3, 0.4) is 0 Å². The lowest BCUT2D eigenvalue weighted by Crippen LogP contribution is -2.27. The van der Waals surface area contributed by atoms with E-state index in [-0.39, 0.29) is 10.7 Å². The predicted octanol–water partition coefficient (Wildman–Crippen LogP) is 4.58. The summed E-state index contributed by atoms with van der Waals surface area (Å²) >= 11 is 0.763. The van der Waals surface area contributed by atoms with E-state index >= 15 is 0 Å². The molecule has 0 radical (unpaired) electrons. The second-order valence-electron chi connectivity index (χ2n) is 5.48. The molecule has 2 heterocycles. The molecule has 8 heteroatoms. The van der Waals surface area contributed by atoms with E-state index in [4.69, 9.17) is 4.42 Å². The zero-order valence-electron chi connectivity index (χ0n) is 13.1. The largest absolute Gasteiger partial charge is 0.433 e. The van der Waals surface area contributed by atoms with E-state index in [0.717, 1.165) is 27.4 Å². The van der Waals surface area contributed by atoms with E-state index in [1.165, 1.54) is 18.2 Å². The van der Waals surface area contributed by atoms with Crippen molar-refractivity contribution in [2.24, 2.45) is 0 Å². The fourth-order valence-corrected chi connectivity index (χ4v) is 3.47. The van der Waals surface area contributed by atoms with Crippen LogP contribution in [0.2, 0.25) is 0 Å². The third kappa shape index (κ3) is 2.76. The molecule has 3 aromatic rings. The van der Waals surface area contributed by atoms with Crippen molar-refractivity contribution in [2.45, 2.75) is 0 Å². The SMILES string of the molecule is O=C1S/C(=C\c2ccc([N+](=O)[O-])o2)C(=O)N1c1ccc2ccccc2c1. The number of nitrogens with zero attached hydrogens (tertiary/aromatic N) is 2. The highest BCUT2D eigenvalue weighted by Gasteiger charge is 2.36. The Kier molecular flexibility index (Phi) is 3.81. The van der Waals surface area contributed by atoms with Gasteiger partial charge in [0.05, 0.1) is 16.7 Å². The van der Waals surface area contributed by atoms with Crippen molar-refractivity contribution in [2.75, 3.05) is 4.90 Å². The summed E-state index contributed by atoms with van der Waals surface area (Å²) in [5.74, 6) is -0.778. The van der Waals surface area contributed by atoms with Gasteiger partial charge in [-0.05, 0) is 40.7 Å². The Hall–Kier alpha value is -3.39. The van der Waals surface area contributed by atoms with Crippen LogP contribution in [0.25, 0.3) is 16.8 Å². The number of imide groups is 1. The number of anilines is 1. The molecule has 4 rings (SSSR count). The number of thioether (sulfide) groups is 1. The summed E-state index contributed by atoms with van der Waals surface area (Å²) in [6.45, 7) is 0. The first-order valence-electron chi connectivity index (χ1n) is 7.54. The first kappa shape index (κ1) is 16.1. The van der Waals surface area contributed by atoms with Gasteiger partial charge in [0, 0.05) is 6.08 Å². The molecule has 1 aliphatic heterocycles. The van der Waals surface area contributed by atoms with Gasteiger partial charge in [-0.25, -0.2) is 4.90 Å². The Morgan fingerprint density at radius 3 is 2.54 bits per heavy atom. The highest BCUT2D eigenvalue weighted by atomic mass is 32.2. The van der Waals surface area contributed by atoms with E-state index in [2.05, 4.69) is 0 Å². The van der Waals surface area contributed by atoms with Gasteiger partial charge in [-0.1, -0.05) is 30.3 Å². The van der Waals surface area contributed by atoms with Crippen LogP contribution in [0, 0.1) is 10.1 Å². The summed E-state index contributed by atoms with van der Waals surface area (Å²) in [6.07, 6.45) is 1.33. The zero-order valence-corrected chi connectivity index (χ0v) is 13.9. The number of nitro groups is 1. The quantitative estimate of drug-likeness (QED) is 0.382. The third-order valence-electron chi connectivity index (χ3n) is 3.85. The molecule has 1 aliphatic rings. The van der Waals surface area contributed by atoms with E-state index in [9.17, 15) is 19.7 Å². The molecule has 26 heavy (non-hydrogen) atoms. The van der Waals surface area contributed by atoms with E-state index in [1.807, 2.05) is 30.3 Å². The number of benzene rings is 2. The minimum absolute atomic E-state index is 0.140. The molecule has 0 aliphatic carbocycles. The van der Waals surface area contributed by atoms with Crippen LogP contribution < -0.4 is 4.90 Å². The maximum Gasteiger partial charge on any atom is 0.433 e. The number of amides is 2. The summed E-state index contributed by atoms with van der Waals surface area (Å²) in [6, 6.07) is 15.5. The lowest BCUT2D eigenvalue weighted by molar-refractivity contribution is -0.402. The lowest BCUT2D eigenvalue weighted by Gasteiger charge is -2.13. The molecule has 0 spiro atoms. The molecule has 1 saturated heterocycles. The minimum Gasteiger partial charge on any atom is -0.401 e. The van der Waals surface area contributed by atoms with Gasteiger partial charge in [0.2, 0.25) is 0 Å². The monoisotopic (exact) mass is 366 g/mol. The van der Waals surface area contributed by atoms with Crippen molar-refractivity contribution in [3.63, 3.8) is 0 Å². The van der Waals surface area contributed by atoms with Gasteiger partial charge in [0.1, 0.15) is 10.7 Å². The fraction of sp³-hybridized carbons (Fsp3) is 0. The zero-order chi connectivity index (χ0) is 18.3. The summed E-state index contributed by atoms with van der Waals surface area (Å²) < 4.78 is 5.02. The van der Waals surface area contributed by atoms with E-state index in [1.54, 1.807) is 12.1 Å². The van der Waals surface area contributed by atoms with Crippen LogP contribution in [0.15, 0.2) is 63.9 Å². The standard InChI is InChI=1S/C18H10N2O5S/c21-17-15(10-14-7-8-16(25-14)20(23)24)26-18(22)19(17)13-6-5-11-3-1-2-4-12(11)9-13/h1-10H/b15-10-. The normalized spacial score (nSPS) is 16.0. The Morgan fingerprint density at radius 1 is 1.04 bits per heavy atom. The number of hydrogen-bond donors (Lipinski definition) is 0. The highest BCUT2D eigenvalue weighted by molar-refractivity contribution is 8.19. The van der Waals surface area contributed by atoms with Crippen molar-refractivity contribution in [1.29, 1.82) is 0 Å². The average molecular weight is 366 g/mol. The summed E-state index contributed by atoms with van der Waals surface area (Å²) in [5, 5.41) is 12.1. The smallest absolute Gasteiger partial charge is 0.401 e. The van der Waals surface area contributed by atoms with Crippen LogP contribution in [0.4, 0.5) is 16.4 Å². The molecule has 0 unspecified atom stereocenters. The van der Waals surface area contributed by atoms with E-state index < -0.39 is 22.0 Å². The van der Waals surface area contributed by atoms with Gasteiger partial charge in [-0.2, -0.15) is 0 Å². The summed E-state index contributed by atoms with van der Waals surface area (Å²) in [4.78, 5) is 36.2. The number of fused-ring (bicyclic) bond motifs is 1. The molecular weight excluding hydrogens is 356 g/mol. The number of rotatable bonds is 3. The van der Waals surface area contributed by atoms with Gasteiger partial charge in [-0.3, -0.25) is 19.7 Å². The molecule has 2 amide bonds. The van der Waals surface area contributed by atoms with Gasteiger partial charge in [0.15, 0.2) is 0 Å². The highest BCUT2D eigenvalue weighted by Crippen LogP contribution is 2.37. The number of hydrogen-bond acceptors (Lipinski definition) is 6. The Morgan fingerprint density at radius 2 is 1.81 bits per heavy atom. The van der Waals surface area contributed by atoms with Crippen molar-refractivity contribution < 1.29 is 18.9 Å². The molecule has 7 nitrogen and oxygen atoms in total. The Bertz CT molecular complexity index is 1100. The topological polar surface area (TPSA) is 93.7 Å². The Balaban J connectivity index is 1.67. The van der Waals surface area contributed by atoms with Crippen molar-refractivity contribution in [3.8, 4) is 0 Å². The summed E-state index contributed by atoms with van der Waals surface area (Å²) in [7, 11) is 0. The average Bonchev–Trinajstić information content (AvgIpc) is 3.20. The number of furan rings is 1. The molecule has 0 atom stereocenters. The fourth-order valence-electron chi connectivity index (χ4n) is 2.65. The second-order valence-corrected chi connectivity index (χ2v) is 6.47. The lowest BCUT2D eigenvalue weighted by atomic mass is 10.1. The van der Waals surface area contributed by atoms with Crippen LogP contribution in [0.5, 0.6) is 0 Å². The first-order valence-corrected chi connectivity index (χ1v) is 8.35. The van der Waals surface area contributed by atoms with Gasteiger partial charge < -0.3 is 4.42 Å². The second kappa shape index (κ2) is 6.16. The Labute approximate surface area is 151 Å². The van der Waals surface area contributed by atoms with Crippen molar-refractivity contribution in [1.82, 2.24) is 0 Å². The summed E-state index contributed by atoms with van der Waals surface area (Å²) in [5.41, 5.74) is 0.472. The van der Waals surface area contributed by atoms with Crippen molar-refractivity contribution >= 4 is 51.3 Å². The maximum absolute atomic E-state index is 12.6. The molecule has 1 fully saturated rings. The van der Waals surface area contributed by atoms with Crippen LogP contribution >= 0.6 is 11.8 Å². The maximum atomic E-state index is 12.6. The molecule has 128 valence electrons. The molecule has 0 bridgehead atoms. The van der Waals surface area contributed by atoms with Crippen molar-refractivity contribution in [3.05, 3.63) is 75.4 Å². The molecular formula is C18H10N2O5S. The van der Waals surface area contributed by atoms with Crippen LogP contribution in [0.1, 0.15) is 5.76 Å². The molecule has 2 aromatic carbocycles. The van der Waals surface area contributed by atoms with Crippen LogP contribution in [-0.2, 0) is 4.79 Å². The van der Waals surface area contributed by atoms with E-state index in [0.29, 0.717) is 5.69 Å².